The fourth-order valence-electron chi connectivity index (χ4n) is 3.99. The minimum absolute atomic E-state index is 0.0513. The zero-order valence-electron chi connectivity index (χ0n) is 21.3. The third-order valence-electron chi connectivity index (χ3n) is 5.77. The van der Waals surface area contributed by atoms with E-state index in [1.807, 2.05) is 0 Å². The molecule has 0 aromatic carbocycles. The first-order valence-electron chi connectivity index (χ1n) is 13.3. The Morgan fingerprint density at radius 2 is 1.26 bits per heavy atom. The van der Waals surface area contributed by atoms with E-state index in [1.54, 1.807) is 0 Å². The molecule has 1 saturated heterocycles. The van der Waals surface area contributed by atoms with E-state index in [2.05, 4.69) is 34.6 Å². The quantitative estimate of drug-likeness (QED) is 0.0977. The van der Waals surface area contributed by atoms with Crippen LogP contribution in [0.3, 0.4) is 0 Å². The number of unbranched alkanes of at least 4 members (excludes halogenated alkanes) is 5. The first kappa shape index (κ1) is 28.8. The van der Waals surface area contributed by atoms with Crippen LogP contribution in [0.15, 0.2) is 0 Å². The Bertz CT molecular complexity index is 377. The summed E-state index contributed by atoms with van der Waals surface area (Å²) < 4.78 is 31.2. The van der Waals surface area contributed by atoms with Crippen LogP contribution >= 0.6 is 0 Å². The molecule has 1 aliphatic rings. The highest BCUT2D eigenvalue weighted by molar-refractivity contribution is 4.82. The van der Waals surface area contributed by atoms with Crippen molar-refractivity contribution in [3.05, 3.63) is 0 Å². The summed E-state index contributed by atoms with van der Waals surface area (Å²) >= 11 is 0. The first-order valence-corrected chi connectivity index (χ1v) is 13.3. The van der Waals surface area contributed by atoms with Crippen LogP contribution in [0.25, 0.3) is 0 Å². The fraction of sp³-hybridized carbons (Fsp3) is 1.00. The Kier molecular flexibility index (Phi) is 17.0. The van der Waals surface area contributed by atoms with E-state index >= 15 is 0 Å². The van der Waals surface area contributed by atoms with Gasteiger partial charge in [-0.1, -0.05) is 79.6 Å². The highest BCUT2D eigenvalue weighted by atomic mass is 16.9. The first-order chi connectivity index (χ1) is 15.2. The predicted molar refractivity (Wildman–Crippen MR) is 127 cm³/mol. The summed E-state index contributed by atoms with van der Waals surface area (Å²) in [6, 6.07) is 0. The van der Waals surface area contributed by atoms with Gasteiger partial charge in [0.1, 0.15) is 6.10 Å². The van der Waals surface area contributed by atoms with E-state index < -0.39 is 5.97 Å². The van der Waals surface area contributed by atoms with Crippen molar-refractivity contribution < 1.29 is 23.7 Å². The summed E-state index contributed by atoms with van der Waals surface area (Å²) in [5, 5.41) is 0. The topological polar surface area (TPSA) is 49.5 Å². The molecule has 3 atom stereocenters. The van der Waals surface area contributed by atoms with E-state index in [0.29, 0.717) is 26.4 Å². The summed E-state index contributed by atoms with van der Waals surface area (Å²) in [5.74, 6) is -0.961. The molecule has 0 radical (unpaired) electrons. The smallest absolute Gasteiger partial charge is 0.288 e. The molecule has 0 aliphatic carbocycles. The van der Waals surface area contributed by atoms with Gasteiger partial charge in [0.2, 0.25) is 0 Å². The third-order valence-corrected chi connectivity index (χ3v) is 5.77. The second-order valence-corrected chi connectivity index (χ2v) is 8.93. The Labute approximate surface area is 192 Å². The molecule has 0 saturated carbocycles. The molecule has 0 spiro atoms. The van der Waals surface area contributed by atoms with Gasteiger partial charge in [0, 0.05) is 0 Å². The van der Waals surface area contributed by atoms with Gasteiger partial charge in [-0.15, -0.1) is 0 Å². The van der Waals surface area contributed by atoms with Gasteiger partial charge in [-0.25, -0.2) is 0 Å². The molecule has 1 heterocycles. The minimum Gasteiger partial charge on any atom is -0.375 e. The Balaban J connectivity index is 3.01. The van der Waals surface area contributed by atoms with Gasteiger partial charge >= 0.3 is 0 Å². The van der Waals surface area contributed by atoms with Crippen LogP contribution in [-0.2, 0) is 23.7 Å². The molecule has 0 N–H and O–H groups in total. The summed E-state index contributed by atoms with van der Waals surface area (Å²) in [5.41, 5.74) is 0. The average molecular weight is 445 g/mol. The van der Waals surface area contributed by atoms with Crippen LogP contribution in [0.5, 0.6) is 0 Å². The maximum absolute atomic E-state index is 6.45. The van der Waals surface area contributed by atoms with Crippen LogP contribution in [0, 0.1) is 5.92 Å². The predicted octanol–water partition coefficient (Wildman–Crippen LogP) is 6.87. The van der Waals surface area contributed by atoms with Gasteiger partial charge in [-0.2, -0.15) is 0 Å². The van der Waals surface area contributed by atoms with Crippen molar-refractivity contribution in [2.24, 2.45) is 5.92 Å². The highest BCUT2D eigenvalue weighted by Gasteiger charge is 2.47. The normalized spacial score (nSPS) is 18.3. The zero-order valence-corrected chi connectivity index (χ0v) is 21.3. The van der Waals surface area contributed by atoms with Crippen LogP contribution in [0.4, 0.5) is 0 Å². The lowest BCUT2D eigenvalue weighted by Gasteiger charge is -2.43. The van der Waals surface area contributed by atoms with Crippen molar-refractivity contribution >= 4 is 0 Å². The SMILES string of the molecule is CCCCCCCCC(C(CCC)OCC1CO1)C(OCCC)(OCCC)OCCC. The lowest BCUT2D eigenvalue weighted by Crippen LogP contribution is -2.52. The van der Waals surface area contributed by atoms with Crippen LogP contribution < -0.4 is 0 Å². The molecule has 1 fully saturated rings. The Morgan fingerprint density at radius 3 is 1.74 bits per heavy atom. The lowest BCUT2D eigenvalue weighted by molar-refractivity contribution is -0.415. The average Bonchev–Trinajstić information content (AvgIpc) is 3.61. The van der Waals surface area contributed by atoms with E-state index in [1.165, 1.54) is 32.1 Å². The maximum atomic E-state index is 6.45. The zero-order chi connectivity index (χ0) is 22.8. The standard InChI is InChI=1S/C26H52O5/c1-6-11-12-13-14-15-17-24(25(16-7-2)28-22-23-21-27-23)26(29-18-8-3,30-19-9-4)31-20-10-5/h23-25H,6-22H2,1-5H3. The van der Waals surface area contributed by atoms with E-state index in [9.17, 15) is 0 Å². The summed E-state index contributed by atoms with van der Waals surface area (Å²) in [7, 11) is 0. The molecule has 1 aliphatic heterocycles. The number of rotatable bonds is 23. The number of hydrogen-bond acceptors (Lipinski definition) is 5. The molecular weight excluding hydrogens is 392 g/mol. The maximum Gasteiger partial charge on any atom is 0.288 e. The molecule has 5 heteroatoms. The van der Waals surface area contributed by atoms with Crippen molar-refractivity contribution in [2.45, 2.75) is 130 Å². The lowest BCUT2D eigenvalue weighted by atomic mass is 9.89. The van der Waals surface area contributed by atoms with Crippen LogP contribution in [-0.4, -0.2) is 51.2 Å². The van der Waals surface area contributed by atoms with Crippen molar-refractivity contribution in [1.82, 2.24) is 0 Å². The van der Waals surface area contributed by atoms with Gasteiger partial charge in [0.05, 0.1) is 45.1 Å². The summed E-state index contributed by atoms with van der Waals surface area (Å²) in [4.78, 5) is 0. The highest BCUT2D eigenvalue weighted by Crippen LogP contribution is 2.37. The van der Waals surface area contributed by atoms with Crippen LogP contribution in [0.1, 0.15) is 112 Å². The van der Waals surface area contributed by atoms with E-state index in [0.717, 1.165) is 51.6 Å². The molecule has 0 aromatic heterocycles. The molecule has 1 rings (SSSR count). The molecule has 0 bridgehead atoms. The summed E-state index contributed by atoms with van der Waals surface area (Å²) in [6.45, 7) is 14.3. The molecular formula is C26H52O5. The van der Waals surface area contributed by atoms with E-state index in [4.69, 9.17) is 23.7 Å². The van der Waals surface area contributed by atoms with Gasteiger partial charge < -0.3 is 23.7 Å². The molecule has 31 heavy (non-hydrogen) atoms. The fourth-order valence-corrected chi connectivity index (χ4v) is 3.99. The molecule has 0 aromatic rings. The van der Waals surface area contributed by atoms with E-state index in [-0.39, 0.29) is 18.1 Å². The second kappa shape index (κ2) is 18.3. The minimum atomic E-state index is -1.02. The molecule has 3 unspecified atom stereocenters. The van der Waals surface area contributed by atoms with Gasteiger partial charge in [0.25, 0.3) is 5.97 Å². The second-order valence-electron chi connectivity index (χ2n) is 8.93. The van der Waals surface area contributed by atoms with Gasteiger partial charge in [-0.3, -0.25) is 0 Å². The van der Waals surface area contributed by atoms with Gasteiger partial charge in [0.15, 0.2) is 0 Å². The Morgan fingerprint density at radius 1 is 0.710 bits per heavy atom. The molecule has 186 valence electrons. The Hall–Kier alpha value is -0.200. The molecule has 5 nitrogen and oxygen atoms in total. The molecule has 0 amide bonds. The van der Waals surface area contributed by atoms with Crippen molar-refractivity contribution in [2.75, 3.05) is 33.0 Å². The monoisotopic (exact) mass is 444 g/mol. The van der Waals surface area contributed by atoms with Crippen molar-refractivity contribution in [3.63, 3.8) is 0 Å². The third kappa shape index (κ3) is 12.0. The number of epoxide rings is 1. The van der Waals surface area contributed by atoms with Crippen molar-refractivity contribution in [3.8, 4) is 0 Å². The van der Waals surface area contributed by atoms with Crippen molar-refractivity contribution in [1.29, 1.82) is 0 Å². The van der Waals surface area contributed by atoms with Crippen LogP contribution in [0.2, 0.25) is 0 Å². The number of hydrogen-bond donors (Lipinski definition) is 0. The van der Waals surface area contributed by atoms with Gasteiger partial charge in [-0.05, 0) is 32.1 Å². The summed E-state index contributed by atoms with van der Waals surface area (Å²) in [6.07, 6.45) is 13.8. The largest absolute Gasteiger partial charge is 0.375 e. The number of ether oxygens (including phenoxy) is 5.